The van der Waals surface area contributed by atoms with Gasteiger partial charge in [0.1, 0.15) is 30.0 Å². The largest absolute Gasteiger partial charge is 0.497 e. The van der Waals surface area contributed by atoms with Crippen LogP contribution in [0.4, 0.5) is 5.82 Å². The zero-order valence-corrected chi connectivity index (χ0v) is 20.6. The van der Waals surface area contributed by atoms with Crippen molar-refractivity contribution in [2.45, 2.75) is 20.3 Å². The molecule has 0 saturated carbocycles. The fourth-order valence-electron chi connectivity index (χ4n) is 5.09. The molecule has 5 rings (SSSR count). The molecule has 0 spiro atoms. The molecule has 1 fully saturated rings. The number of rotatable bonds is 7. The van der Waals surface area contributed by atoms with Crippen LogP contribution in [0.2, 0.25) is 0 Å². The first-order chi connectivity index (χ1) is 17.1. The fraction of sp³-hybridized carbons (Fsp3) is 0.357. The zero-order chi connectivity index (χ0) is 24.4. The molecule has 0 radical (unpaired) electrons. The van der Waals surface area contributed by atoms with Gasteiger partial charge < -0.3 is 14.4 Å². The van der Waals surface area contributed by atoms with Crippen LogP contribution in [0.1, 0.15) is 23.6 Å². The molecule has 1 saturated heterocycles. The standard InChI is InChI=1S/C28H31N5O2/c1-4-23-20(2)24(19-29)27-30-25-10-5-6-11-26(25)33(27)28(23)32-14-12-31(13-15-32)16-17-35-22-9-7-8-21(18-22)34-3/h5-11,18H,4,12-17H2,1-3H3. The number of methoxy groups -OCH3 is 1. The van der Waals surface area contributed by atoms with Crippen LogP contribution in [0.15, 0.2) is 48.5 Å². The molecule has 3 heterocycles. The molecule has 2 aromatic heterocycles. The van der Waals surface area contributed by atoms with Crippen LogP contribution in [0.3, 0.4) is 0 Å². The van der Waals surface area contributed by atoms with E-state index in [1.54, 1.807) is 7.11 Å². The monoisotopic (exact) mass is 469 g/mol. The van der Waals surface area contributed by atoms with E-state index < -0.39 is 0 Å². The van der Waals surface area contributed by atoms with Crippen LogP contribution in [0, 0.1) is 18.3 Å². The molecule has 4 aromatic rings. The van der Waals surface area contributed by atoms with E-state index in [1.807, 2.05) is 42.5 Å². The van der Waals surface area contributed by atoms with Gasteiger partial charge in [-0.2, -0.15) is 5.26 Å². The molecule has 7 heteroatoms. The van der Waals surface area contributed by atoms with E-state index >= 15 is 0 Å². The Morgan fingerprint density at radius 3 is 2.54 bits per heavy atom. The molecule has 1 aliphatic rings. The number of piperazine rings is 1. The molecule has 0 unspecified atom stereocenters. The number of pyridine rings is 1. The van der Waals surface area contributed by atoms with Gasteiger partial charge in [0, 0.05) is 38.8 Å². The summed E-state index contributed by atoms with van der Waals surface area (Å²) in [6, 6.07) is 18.3. The van der Waals surface area contributed by atoms with Gasteiger partial charge in [-0.05, 0) is 48.7 Å². The molecule has 180 valence electrons. The van der Waals surface area contributed by atoms with Gasteiger partial charge in [-0.1, -0.05) is 25.1 Å². The summed E-state index contributed by atoms with van der Waals surface area (Å²) in [4.78, 5) is 9.76. The number of imidazole rings is 1. The molecule has 0 aliphatic carbocycles. The number of hydrogen-bond acceptors (Lipinski definition) is 6. The Labute approximate surface area is 206 Å². The van der Waals surface area contributed by atoms with Crippen molar-refractivity contribution in [3.05, 3.63) is 65.2 Å². The number of para-hydroxylation sites is 2. The Balaban J connectivity index is 1.36. The second-order valence-corrected chi connectivity index (χ2v) is 8.88. The zero-order valence-electron chi connectivity index (χ0n) is 20.6. The van der Waals surface area contributed by atoms with Crippen LogP contribution in [0.25, 0.3) is 16.7 Å². The SMILES string of the molecule is CCc1c(C)c(C#N)c2nc3ccccc3n2c1N1CCN(CCOc2cccc(OC)c2)CC1. The summed E-state index contributed by atoms with van der Waals surface area (Å²) in [5.41, 5.74) is 5.68. The summed E-state index contributed by atoms with van der Waals surface area (Å²) < 4.78 is 13.4. The highest BCUT2D eigenvalue weighted by molar-refractivity contribution is 5.86. The maximum atomic E-state index is 9.95. The van der Waals surface area contributed by atoms with E-state index in [9.17, 15) is 5.26 Å². The number of ether oxygens (including phenoxy) is 2. The van der Waals surface area contributed by atoms with Gasteiger partial charge in [-0.25, -0.2) is 4.98 Å². The predicted molar refractivity (Wildman–Crippen MR) is 139 cm³/mol. The summed E-state index contributed by atoms with van der Waals surface area (Å²) in [5.74, 6) is 2.82. The van der Waals surface area contributed by atoms with E-state index in [0.717, 1.165) is 72.9 Å². The fourth-order valence-corrected chi connectivity index (χ4v) is 5.09. The number of aromatic nitrogens is 2. The second-order valence-electron chi connectivity index (χ2n) is 8.88. The van der Waals surface area contributed by atoms with Crippen molar-refractivity contribution >= 4 is 22.5 Å². The van der Waals surface area contributed by atoms with Crippen molar-refractivity contribution in [1.29, 1.82) is 5.26 Å². The highest BCUT2D eigenvalue weighted by Crippen LogP contribution is 2.34. The first-order valence-electron chi connectivity index (χ1n) is 12.2. The number of nitriles is 1. The van der Waals surface area contributed by atoms with E-state index in [0.29, 0.717) is 12.2 Å². The Morgan fingerprint density at radius 2 is 1.80 bits per heavy atom. The summed E-state index contributed by atoms with van der Waals surface area (Å²) >= 11 is 0. The van der Waals surface area contributed by atoms with Crippen molar-refractivity contribution < 1.29 is 9.47 Å². The average molecular weight is 470 g/mol. The van der Waals surface area contributed by atoms with Gasteiger partial charge in [0.2, 0.25) is 0 Å². The van der Waals surface area contributed by atoms with E-state index in [2.05, 4.69) is 40.2 Å². The van der Waals surface area contributed by atoms with E-state index in [-0.39, 0.29) is 0 Å². The minimum Gasteiger partial charge on any atom is -0.497 e. The first-order valence-corrected chi connectivity index (χ1v) is 12.2. The lowest BCUT2D eigenvalue weighted by atomic mass is 10.0. The number of hydrogen-bond donors (Lipinski definition) is 0. The smallest absolute Gasteiger partial charge is 0.157 e. The Kier molecular flexibility index (Phi) is 6.47. The first kappa shape index (κ1) is 23.0. The topological polar surface area (TPSA) is 66.0 Å². The number of benzene rings is 2. The van der Waals surface area contributed by atoms with Gasteiger partial charge in [-0.3, -0.25) is 9.30 Å². The molecule has 7 nitrogen and oxygen atoms in total. The third-order valence-electron chi connectivity index (χ3n) is 6.95. The van der Waals surface area contributed by atoms with Gasteiger partial charge in [-0.15, -0.1) is 0 Å². The highest BCUT2D eigenvalue weighted by atomic mass is 16.5. The van der Waals surface area contributed by atoms with Crippen LogP contribution in [-0.2, 0) is 6.42 Å². The third-order valence-corrected chi connectivity index (χ3v) is 6.95. The number of anilines is 1. The highest BCUT2D eigenvalue weighted by Gasteiger charge is 2.26. The molecular weight excluding hydrogens is 438 g/mol. The number of fused-ring (bicyclic) bond motifs is 3. The van der Waals surface area contributed by atoms with Crippen molar-refractivity contribution in [3.63, 3.8) is 0 Å². The maximum Gasteiger partial charge on any atom is 0.157 e. The molecule has 35 heavy (non-hydrogen) atoms. The normalized spacial score (nSPS) is 14.4. The Hall–Kier alpha value is -3.76. The number of nitrogens with zero attached hydrogens (tertiary/aromatic N) is 5. The molecule has 1 aliphatic heterocycles. The summed E-state index contributed by atoms with van der Waals surface area (Å²) in [6.07, 6.45) is 0.868. The Bertz CT molecular complexity index is 1400. The quantitative estimate of drug-likeness (QED) is 0.399. The third kappa shape index (κ3) is 4.26. The van der Waals surface area contributed by atoms with Crippen molar-refractivity contribution in [1.82, 2.24) is 14.3 Å². The lowest BCUT2D eigenvalue weighted by Crippen LogP contribution is -2.48. The molecular formula is C28H31N5O2. The minimum atomic E-state index is 0.639. The van der Waals surface area contributed by atoms with Crippen LogP contribution >= 0.6 is 0 Å². The lowest BCUT2D eigenvalue weighted by Gasteiger charge is -2.37. The summed E-state index contributed by atoms with van der Waals surface area (Å²) in [6.45, 7) is 9.49. The van der Waals surface area contributed by atoms with Gasteiger partial charge in [0.15, 0.2) is 5.65 Å². The van der Waals surface area contributed by atoms with Crippen LogP contribution in [0.5, 0.6) is 11.5 Å². The average Bonchev–Trinajstić information content (AvgIpc) is 3.27. The van der Waals surface area contributed by atoms with E-state index in [1.165, 1.54) is 11.4 Å². The predicted octanol–water partition coefficient (Wildman–Crippen LogP) is 4.44. The molecule has 0 bridgehead atoms. The van der Waals surface area contributed by atoms with Crippen molar-refractivity contribution in [3.8, 4) is 17.6 Å². The molecule has 0 N–H and O–H groups in total. The Morgan fingerprint density at radius 1 is 1.03 bits per heavy atom. The van der Waals surface area contributed by atoms with Gasteiger partial charge in [0.25, 0.3) is 0 Å². The van der Waals surface area contributed by atoms with Gasteiger partial charge in [0.05, 0.1) is 23.7 Å². The maximum absolute atomic E-state index is 9.95. The molecule has 2 aromatic carbocycles. The minimum absolute atomic E-state index is 0.639. The molecule has 0 atom stereocenters. The summed E-state index contributed by atoms with van der Waals surface area (Å²) in [7, 11) is 1.66. The van der Waals surface area contributed by atoms with Gasteiger partial charge >= 0.3 is 0 Å². The summed E-state index contributed by atoms with van der Waals surface area (Å²) in [5, 5.41) is 9.95. The lowest BCUT2D eigenvalue weighted by molar-refractivity contribution is 0.200. The molecule has 0 amide bonds. The second kappa shape index (κ2) is 9.85. The van der Waals surface area contributed by atoms with Crippen molar-refractivity contribution in [2.75, 3.05) is 51.3 Å². The van der Waals surface area contributed by atoms with Crippen molar-refractivity contribution in [2.24, 2.45) is 0 Å². The van der Waals surface area contributed by atoms with Crippen LogP contribution < -0.4 is 14.4 Å². The van der Waals surface area contributed by atoms with Crippen LogP contribution in [-0.4, -0.2) is 60.7 Å². The van der Waals surface area contributed by atoms with E-state index in [4.69, 9.17) is 14.5 Å².